The number of halogens is 6. The Morgan fingerprint density at radius 1 is 0.957 bits per heavy atom. The van der Waals surface area contributed by atoms with Crippen molar-refractivity contribution in [2.75, 3.05) is 31.1 Å². The van der Waals surface area contributed by atoms with Gasteiger partial charge in [0.05, 0.1) is 17.3 Å². The first kappa shape index (κ1) is 35.0. The third kappa shape index (κ3) is 9.59. The molecule has 0 aliphatic carbocycles. The van der Waals surface area contributed by atoms with Crippen LogP contribution in [0.5, 0.6) is 11.5 Å². The van der Waals surface area contributed by atoms with Crippen molar-refractivity contribution >= 4 is 33.0 Å². The van der Waals surface area contributed by atoms with Crippen molar-refractivity contribution < 1.29 is 54.1 Å². The zero-order chi connectivity index (χ0) is 34.4. The molecule has 0 bridgehead atoms. The lowest BCUT2D eigenvalue weighted by molar-refractivity contribution is -0.274. The van der Waals surface area contributed by atoms with E-state index in [-0.39, 0.29) is 30.3 Å². The maximum atomic E-state index is 13.1. The van der Waals surface area contributed by atoms with Crippen LogP contribution in [0.1, 0.15) is 5.56 Å². The van der Waals surface area contributed by atoms with Gasteiger partial charge in [0.25, 0.3) is 0 Å². The van der Waals surface area contributed by atoms with Gasteiger partial charge in [-0.1, -0.05) is 12.1 Å². The highest BCUT2D eigenvalue weighted by Gasteiger charge is 2.41. The molecule has 252 valence electrons. The fraction of sp³-hybridized carbons (Fsp3) is 0.296. The molecule has 2 aromatic carbocycles. The van der Waals surface area contributed by atoms with Gasteiger partial charge >= 0.3 is 18.5 Å². The van der Waals surface area contributed by atoms with Crippen molar-refractivity contribution in [3.8, 4) is 11.5 Å². The summed E-state index contributed by atoms with van der Waals surface area (Å²) < 4.78 is 107. The minimum absolute atomic E-state index is 0.101. The predicted octanol–water partition coefficient (Wildman–Crippen LogP) is 3.37. The summed E-state index contributed by atoms with van der Waals surface area (Å²) in [5.74, 6) is -1.48. The van der Waals surface area contributed by atoms with E-state index < -0.39 is 46.9 Å². The van der Waals surface area contributed by atoms with Gasteiger partial charge in [-0.15, -0.1) is 13.2 Å². The van der Waals surface area contributed by atoms with Crippen LogP contribution in [-0.2, 0) is 21.4 Å². The molecular weight excluding hydrogens is 664 g/mol. The Bertz CT molecular complexity index is 1780. The van der Waals surface area contributed by atoms with Gasteiger partial charge in [-0.05, 0) is 42.0 Å². The lowest BCUT2D eigenvalue weighted by Crippen LogP contribution is -2.58. The molecule has 1 fully saturated rings. The highest BCUT2D eigenvalue weighted by atomic mass is 32.2. The number of benzene rings is 2. The molecular formula is C27H25F6N7O6S. The lowest BCUT2D eigenvalue weighted by Gasteiger charge is -2.38. The number of sulfonamides is 1. The molecule has 3 N–H and O–H groups in total. The van der Waals surface area contributed by atoms with Gasteiger partial charge < -0.3 is 25.2 Å². The molecule has 0 amide bonds. The first-order valence-electron chi connectivity index (χ1n) is 13.3. The fourth-order valence-corrected chi connectivity index (χ4v) is 5.77. The average Bonchev–Trinajstić information content (AvgIpc) is 3.03. The van der Waals surface area contributed by atoms with Crippen molar-refractivity contribution in [3.05, 3.63) is 72.8 Å². The molecule has 47 heavy (non-hydrogen) atoms. The summed E-state index contributed by atoms with van der Waals surface area (Å²) in [5, 5.41) is 9.69. The standard InChI is InChI=1S/C18H15F3N6O5S.C9H10F3NO/c19-18(20,21)32-11-1-3-12(4-2-11)33(30,31)27-6-5-26(9-14(27)17(28)29)15-8-23-13-7-22-10-24-16(13)25-15;10-9(11,12)6-14-8-3-1-7(5-13)2-4-8/h1-4,7-8,10,14H,5-6,9H2,(H,28,29);1-4H,5-6,13H2/t14-;/m1./s1. The van der Waals surface area contributed by atoms with Gasteiger partial charge in [-0.25, -0.2) is 28.4 Å². The van der Waals surface area contributed by atoms with E-state index in [0.717, 1.165) is 34.1 Å². The molecule has 20 heteroatoms. The van der Waals surface area contributed by atoms with Crippen molar-refractivity contribution in [2.24, 2.45) is 5.73 Å². The number of aromatic nitrogens is 4. The van der Waals surface area contributed by atoms with Gasteiger partial charge in [-0.2, -0.15) is 17.5 Å². The van der Waals surface area contributed by atoms with Crippen molar-refractivity contribution in [3.63, 3.8) is 0 Å². The van der Waals surface area contributed by atoms with Crippen molar-refractivity contribution in [1.82, 2.24) is 24.2 Å². The molecule has 3 heterocycles. The first-order valence-corrected chi connectivity index (χ1v) is 14.8. The van der Waals surface area contributed by atoms with Crippen LogP contribution >= 0.6 is 0 Å². The summed E-state index contributed by atoms with van der Waals surface area (Å²) in [7, 11) is -4.32. The zero-order valence-electron chi connectivity index (χ0n) is 23.9. The number of alkyl halides is 6. The van der Waals surface area contributed by atoms with Gasteiger partial charge in [0.1, 0.15) is 35.2 Å². The van der Waals surface area contributed by atoms with Crippen LogP contribution in [0.25, 0.3) is 11.2 Å². The van der Waals surface area contributed by atoms with E-state index in [4.69, 9.17) is 5.73 Å². The van der Waals surface area contributed by atoms with E-state index in [0.29, 0.717) is 23.5 Å². The molecule has 2 aromatic heterocycles. The number of ether oxygens (including phenoxy) is 2. The van der Waals surface area contributed by atoms with Gasteiger partial charge in [-0.3, -0.25) is 4.79 Å². The summed E-state index contributed by atoms with van der Waals surface area (Å²) in [6, 6.07) is 8.27. The number of anilines is 1. The summed E-state index contributed by atoms with van der Waals surface area (Å²) in [6.07, 6.45) is -5.06. The summed E-state index contributed by atoms with van der Waals surface area (Å²) in [4.78, 5) is 29.4. The van der Waals surface area contributed by atoms with E-state index in [1.54, 1.807) is 17.0 Å². The minimum atomic E-state index is -4.93. The maximum Gasteiger partial charge on any atom is 0.573 e. The smallest absolute Gasteiger partial charge is 0.484 e. The molecule has 13 nitrogen and oxygen atoms in total. The molecule has 5 rings (SSSR count). The molecule has 1 atom stereocenters. The minimum Gasteiger partial charge on any atom is -0.484 e. The number of hydrogen-bond acceptors (Lipinski definition) is 11. The molecule has 0 saturated carbocycles. The Morgan fingerprint density at radius 2 is 1.62 bits per heavy atom. The lowest BCUT2D eigenvalue weighted by atomic mass is 10.2. The number of fused-ring (bicyclic) bond motifs is 1. The number of carboxylic acid groups (broad SMARTS) is 1. The molecule has 1 aliphatic rings. The highest BCUT2D eigenvalue weighted by Crippen LogP contribution is 2.28. The SMILES string of the molecule is NCc1ccc(OCC(F)(F)F)cc1.O=C(O)[C@H]1CN(c2cnc3cncnc3n2)CCN1S(=O)(=O)c1ccc(OC(F)(F)F)cc1. The van der Waals surface area contributed by atoms with Crippen LogP contribution in [0, 0.1) is 0 Å². The number of nitrogens with two attached hydrogens (primary N) is 1. The van der Waals surface area contributed by atoms with Crippen molar-refractivity contribution in [1.29, 1.82) is 0 Å². The number of carbonyl (C=O) groups is 1. The number of aliphatic carboxylic acids is 1. The second-order valence-corrected chi connectivity index (χ2v) is 11.5. The second-order valence-electron chi connectivity index (χ2n) is 9.65. The summed E-state index contributed by atoms with van der Waals surface area (Å²) in [5.41, 5.74) is 6.91. The number of hydrogen-bond donors (Lipinski definition) is 2. The van der Waals surface area contributed by atoms with E-state index in [9.17, 15) is 44.7 Å². The third-order valence-corrected chi connectivity index (χ3v) is 8.30. The average molecular weight is 690 g/mol. The molecule has 0 radical (unpaired) electrons. The van der Waals surface area contributed by atoms with Gasteiger partial charge in [0.15, 0.2) is 12.3 Å². The number of piperazine rings is 1. The Labute approximate surface area is 262 Å². The molecule has 1 aliphatic heterocycles. The summed E-state index contributed by atoms with van der Waals surface area (Å²) in [6.45, 7) is -1.24. The molecule has 4 aromatic rings. The molecule has 0 unspecified atom stereocenters. The number of nitrogens with zero attached hydrogens (tertiary/aromatic N) is 6. The van der Waals surface area contributed by atoms with Crippen LogP contribution in [0.2, 0.25) is 0 Å². The fourth-order valence-electron chi connectivity index (χ4n) is 4.21. The predicted molar refractivity (Wildman–Crippen MR) is 152 cm³/mol. The molecule has 1 saturated heterocycles. The highest BCUT2D eigenvalue weighted by molar-refractivity contribution is 7.89. The third-order valence-electron chi connectivity index (χ3n) is 6.38. The Hall–Kier alpha value is -4.82. The molecule has 0 spiro atoms. The topological polar surface area (TPSA) is 174 Å². The van der Waals surface area contributed by atoms with Crippen molar-refractivity contribution in [2.45, 2.75) is 30.0 Å². The Kier molecular flexibility index (Phi) is 10.7. The quantitative estimate of drug-likeness (QED) is 0.259. The number of carboxylic acids is 1. The number of rotatable bonds is 8. The zero-order valence-corrected chi connectivity index (χ0v) is 24.7. The Balaban J connectivity index is 0.000000300. The largest absolute Gasteiger partial charge is 0.573 e. The van der Waals surface area contributed by atoms with Gasteiger partial charge in [0, 0.05) is 26.2 Å². The second kappa shape index (κ2) is 14.3. The maximum absolute atomic E-state index is 13.1. The van der Waals surface area contributed by atoms with Crippen LogP contribution in [-0.4, -0.2) is 88.6 Å². The van der Waals surface area contributed by atoms with E-state index in [1.807, 2.05) is 0 Å². The monoisotopic (exact) mass is 689 g/mol. The van der Waals surface area contributed by atoms with Crippen LogP contribution in [0.15, 0.2) is 72.1 Å². The first-order chi connectivity index (χ1) is 22.1. The normalized spacial score (nSPS) is 15.9. The van der Waals surface area contributed by atoms with Crippen LogP contribution in [0.3, 0.4) is 0 Å². The Morgan fingerprint density at radius 3 is 2.21 bits per heavy atom. The van der Waals surface area contributed by atoms with E-state index in [2.05, 4.69) is 29.4 Å². The van der Waals surface area contributed by atoms with E-state index in [1.165, 1.54) is 30.9 Å². The van der Waals surface area contributed by atoms with Crippen LogP contribution < -0.4 is 20.1 Å². The van der Waals surface area contributed by atoms with E-state index >= 15 is 0 Å². The van der Waals surface area contributed by atoms with Crippen LogP contribution in [0.4, 0.5) is 32.2 Å². The van der Waals surface area contributed by atoms with Gasteiger partial charge in [0.2, 0.25) is 10.0 Å². The summed E-state index contributed by atoms with van der Waals surface area (Å²) >= 11 is 0.